The van der Waals surface area contributed by atoms with Gasteiger partial charge in [0.25, 0.3) is 0 Å². The van der Waals surface area contributed by atoms with E-state index in [9.17, 15) is 0 Å². The minimum atomic E-state index is 0.590. The van der Waals surface area contributed by atoms with E-state index in [1.807, 2.05) is 11.8 Å². The molecular formula is C12H18S2. The molecular weight excluding hydrogens is 208 g/mol. The van der Waals surface area contributed by atoms with Crippen LogP contribution in [0.15, 0.2) is 30.3 Å². The van der Waals surface area contributed by atoms with Crippen molar-refractivity contribution in [3.63, 3.8) is 0 Å². The molecule has 0 bridgehead atoms. The van der Waals surface area contributed by atoms with Crippen molar-refractivity contribution in [1.82, 2.24) is 0 Å². The second-order valence-electron chi connectivity index (χ2n) is 3.67. The predicted octanol–water partition coefficient (Wildman–Crippen LogP) is 3.84. The molecule has 0 aliphatic heterocycles. The zero-order valence-electron chi connectivity index (χ0n) is 8.81. The van der Waals surface area contributed by atoms with Crippen LogP contribution < -0.4 is 0 Å². The van der Waals surface area contributed by atoms with Crippen molar-refractivity contribution in [1.29, 1.82) is 0 Å². The number of thiol groups is 1. The lowest BCUT2D eigenvalue weighted by molar-refractivity contribution is 0.893. The van der Waals surface area contributed by atoms with Crippen LogP contribution in [0.4, 0.5) is 0 Å². The topological polar surface area (TPSA) is 0 Å². The summed E-state index contributed by atoms with van der Waals surface area (Å²) < 4.78 is 0. The van der Waals surface area contributed by atoms with E-state index in [0.717, 1.165) is 5.75 Å². The van der Waals surface area contributed by atoms with Gasteiger partial charge >= 0.3 is 0 Å². The van der Waals surface area contributed by atoms with Crippen LogP contribution in [0.25, 0.3) is 0 Å². The maximum absolute atomic E-state index is 4.42. The molecule has 1 unspecified atom stereocenters. The average molecular weight is 226 g/mol. The van der Waals surface area contributed by atoms with Gasteiger partial charge in [0.15, 0.2) is 0 Å². The predicted molar refractivity (Wildman–Crippen MR) is 70.6 cm³/mol. The number of benzene rings is 1. The van der Waals surface area contributed by atoms with Crippen molar-refractivity contribution in [2.45, 2.75) is 25.0 Å². The quantitative estimate of drug-likeness (QED) is 0.744. The third-order valence-electron chi connectivity index (χ3n) is 2.12. The summed E-state index contributed by atoms with van der Waals surface area (Å²) in [5.74, 6) is 2.70. The van der Waals surface area contributed by atoms with Gasteiger partial charge in [-0.1, -0.05) is 44.2 Å². The molecule has 0 N–H and O–H groups in total. The van der Waals surface area contributed by atoms with Crippen LogP contribution in [0, 0.1) is 0 Å². The fourth-order valence-electron chi connectivity index (χ4n) is 1.29. The highest BCUT2D eigenvalue weighted by atomic mass is 32.2. The number of thioether (sulfide) groups is 1. The Kier molecular flexibility index (Phi) is 5.49. The Balaban J connectivity index is 2.54. The van der Waals surface area contributed by atoms with Crippen LogP contribution in [-0.2, 0) is 0 Å². The molecule has 0 amide bonds. The maximum atomic E-state index is 4.42. The molecule has 0 fully saturated rings. The molecule has 0 heterocycles. The van der Waals surface area contributed by atoms with Gasteiger partial charge < -0.3 is 0 Å². The molecule has 0 spiro atoms. The average Bonchev–Trinajstić information content (AvgIpc) is 2.20. The third kappa shape index (κ3) is 3.97. The summed E-state index contributed by atoms with van der Waals surface area (Å²) in [5.41, 5.74) is 1.41. The van der Waals surface area contributed by atoms with Crippen LogP contribution in [0.2, 0.25) is 0 Å². The summed E-state index contributed by atoms with van der Waals surface area (Å²) in [4.78, 5) is 0. The first kappa shape index (κ1) is 12.0. The smallest absolute Gasteiger partial charge is 0.00173 e. The van der Waals surface area contributed by atoms with E-state index >= 15 is 0 Å². The van der Waals surface area contributed by atoms with Crippen LogP contribution in [0.3, 0.4) is 0 Å². The monoisotopic (exact) mass is 226 g/mol. The van der Waals surface area contributed by atoms with Crippen LogP contribution in [-0.4, -0.2) is 16.8 Å². The molecule has 0 saturated carbocycles. The molecule has 14 heavy (non-hydrogen) atoms. The van der Waals surface area contributed by atoms with E-state index in [1.54, 1.807) is 0 Å². The molecule has 0 aliphatic carbocycles. The highest BCUT2D eigenvalue weighted by Crippen LogP contribution is 2.24. The van der Waals surface area contributed by atoms with Crippen molar-refractivity contribution >= 4 is 24.4 Å². The standard InChI is InChI=1S/C12H18S2/c1-10(2)14-9-12(8-13)11-6-4-3-5-7-11/h3-7,10,12-13H,8-9H2,1-2H3. The van der Waals surface area contributed by atoms with Crippen LogP contribution >= 0.6 is 24.4 Å². The minimum absolute atomic E-state index is 0.590. The van der Waals surface area contributed by atoms with E-state index in [-0.39, 0.29) is 0 Å². The second-order valence-corrected chi connectivity index (χ2v) is 5.65. The molecule has 1 aromatic rings. The Morgan fingerprint density at radius 3 is 2.36 bits per heavy atom. The van der Waals surface area contributed by atoms with Crippen molar-refractivity contribution in [2.75, 3.05) is 11.5 Å². The Hall–Kier alpha value is -0.0800. The highest BCUT2D eigenvalue weighted by Gasteiger charge is 2.09. The van der Waals surface area contributed by atoms with Gasteiger partial charge in [-0.2, -0.15) is 24.4 Å². The Labute approximate surface area is 96.9 Å². The van der Waals surface area contributed by atoms with Gasteiger partial charge in [-0.3, -0.25) is 0 Å². The first-order chi connectivity index (χ1) is 6.74. The second kappa shape index (κ2) is 6.41. The molecule has 1 rings (SSSR count). The Morgan fingerprint density at radius 1 is 1.21 bits per heavy atom. The highest BCUT2D eigenvalue weighted by molar-refractivity contribution is 7.99. The fourth-order valence-corrected chi connectivity index (χ4v) is 2.73. The fraction of sp³-hybridized carbons (Fsp3) is 0.500. The first-order valence-electron chi connectivity index (χ1n) is 5.01. The SMILES string of the molecule is CC(C)SCC(CS)c1ccccc1. The van der Waals surface area contributed by atoms with Gasteiger partial charge in [0.1, 0.15) is 0 Å². The normalized spacial score (nSPS) is 13.1. The van der Waals surface area contributed by atoms with E-state index in [0.29, 0.717) is 11.2 Å². The lowest BCUT2D eigenvalue weighted by Gasteiger charge is -2.15. The minimum Gasteiger partial charge on any atom is -0.179 e. The summed E-state index contributed by atoms with van der Waals surface area (Å²) in [6, 6.07) is 10.7. The van der Waals surface area contributed by atoms with Crippen LogP contribution in [0.1, 0.15) is 25.3 Å². The number of hydrogen-bond donors (Lipinski definition) is 1. The molecule has 78 valence electrons. The van der Waals surface area contributed by atoms with Crippen molar-refractivity contribution < 1.29 is 0 Å². The molecule has 0 aromatic heterocycles. The van der Waals surface area contributed by atoms with Crippen molar-refractivity contribution in [2.24, 2.45) is 0 Å². The van der Waals surface area contributed by atoms with E-state index in [1.165, 1.54) is 11.3 Å². The molecule has 1 atom stereocenters. The van der Waals surface area contributed by atoms with Gasteiger partial charge in [0, 0.05) is 11.7 Å². The van der Waals surface area contributed by atoms with Gasteiger partial charge in [0.2, 0.25) is 0 Å². The first-order valence-corrected chi connectivity index (χ1v) is 6.69. The maximum Gasteiger partial charge on any atom is 0.00173 e. The summed E-state index contributed by atoms with van der Waals surface area (Å²) >= 11 is 6.43. The zero-order chi connectivity index (χ0) is 10.4. The van der Waals surface area contributed by atoms with Gasteiger partial charge in [-0.25, -0.2) is 0 Å². The van der Waals surface area contributed by atoms with Crippen molar-refractivity contribution in [3.05, 3.63) is 35.9 Å². The van der Waals surface area contributed by atoms with Gasteiger partial charge in [-0.05, 0) is 16.6 Å². The molecule has 0 saturated heterocycles. The lowest BCUT2D eigenvalue weighted by atomic mass is 10.0. The van der Waals surface area contributed by atoms with E-state index in [4.69, 9.17) is 0 Å². The molecule has 0 radical (unpaired) electrons. The Bertz CT molecular complexity index is 244. The number of hydrogen-bond acceptors (Lipinski definition) is 2. The molecule has 2 heteroatoms. The summed E-state index contributed by atoms with van der Waals surface area (Å²) in [6.07, 6.45) is 0. The largest absolute Gasteiger partial charge is 0.179 e. The third-order valence-corrected chi connectivity index (χ3v) is 3.82. The molecule has 0 nitrogen and oxygen atoms in total. The summed E-state index contributed by atoms with van der Waals surface area (Å²) in [5, 5.41) is 0.709. The number of rotatable bonds is 5. The Morgan fingerprint density at radius 2 is 1.86 bits per heavy atom. The molecule has 0 aliphatic rings. The van der Waals surface area contributed by atoms with Crippen molar-refractivity contribution in [3.8, 4) is 0 Å². The zero-order valence-corrected chi connectivity index (χ0v) is 10.5. The summed E-state index contributed by atoms with van der Waals surface area (Å²) in [7, 11) is 0. The van der Waals surface area contributed by atoms with E-state index < -0.39 is 0 Å². The lowest BCUT2D eigenvalue weighted by Crippen LogP contribution is -2.05. The summed E-state index contributed by atoms with van der Waals surface area (Å²) in [6.45, 7) is 4.48. The van der Waals surface area contributed by atoms with Crippen LogP contribution in [0.5, 0.6) is 0 Å². The van der Waals surface area contributed by atoms with Gasteiger partial charge in [-0.15, -0.1) is 0 Å². The van der Waals surface area contributed by atoms with Gasteiger partial charge in [0.05, 0.1) is 0 Å². The van der Waals surface area contributed by atoms with E-state index in [2.05, 4.69) is 56.8 Å². The molecule has 1 aromatic carbocycles.